The maximum absolute atomic E-state index is 13.7. The van der Waals surface area contributed by atoms with Crippen LogP contribution >= 0.6 is 12.6 Å². The Bertz CT molecular complexity index is 1900. The third-order valence-electron chi connectivity index (χ3n) is 9.58. The van der Waals surface area contributed by atoms with Gasteiger partial charge in [0.25, 0.3) is 5.56 Å². The van der Waals surface area contributed by atoms with Gasteiger partial charge in [0.05, 0.1) is 81.5 Å². The average molecular weight is 816 g/mol. The summed E-state index contributed by atoms with van der Waals surface area (Å²) in [5, 5.41) is 1.29. The molecule has 1 aromatic carbocycles. The van der Waals surface area contributed by atoms with Crippen molar-refractivity contribution in [2.75, 3.05) is 58.6 Å². The minimum Gasteiger partial charge on any atom is -0.463 e. The molecule has 2 aliphatic heterocycles. The van der Waals surface area contributed by atoms with Crippen LogP contribution in [0, 0.1) is 0 Å². The van der Waals surface area contributed by atoms with Gasteiger partial charge in [-0.15, -0.1) is 0 Å². The van der Waals surface area contributed by atoms with Gasteiger partial charge in [-0.1, -0.05) is 31.5 Å². The molecular formula is C40H51N2O12S2+. The molecular weight excluding hydrogens is 765 g/mol. The number of carbonyl (C=O) groups is 4. The Morgan fingerprint density at radius 2 is 1.52 bits per heavy atom. The van der Waals surface area contributed by atoms with Crippen LogP contribution in [0.2, 0.25) is 0 Å². The molecule has 56 heavy (non-hydrogen) atoms. The number of hydrogen-bond acceptors (Lipinski definition) is 14. The van der Waals surface area contributed by atoms with Crippen LogP contribution in [0.25, 0.3) is 22.3 Å². The second kappa shape index (κ2) is 21.5. The van der Waals surface area contributed by atoms with Crippen molar-refractivity contribution in [2.24, 2.45) is 0 Å². The van der Waals surface area contributed by atoms with E-state index in [9.17, 15) is 24.0 Å². The quantitative estimate of drug-likeness (QED) is 0.0357. The number of esters is 4. The summed E-state index contributed by atoms with van der Waals surface area (Å²) in [6.07, 6.45) is 3.47. The van der Waals surface area contributed by atoms with E-state index >= 15 is 0 Å². The van der Waals surface area contributed by atoms with Crippen molar-refractivity contribution in [3.05, 3.63) is 63.4 Å². The highest BCUT2D eigenvalue weighted by atomic mass is 32.1. The summed E-state index contributed by atoms with van der Waals surface area (Å²) in [6, 6.07) is 11.3. The van der Waals surface area contributed by atoms with Crippen LogP contribution < -0.4 is 5.56 Å². The molecule has 2 unspecified atom stereocenters. The third-order valence-corrected chi connectivity index (χ3v) is 10.4. The number of para-hydroxylation sites is 1. The molecule has 0 fully saturated rings. The van der Waals surface area contributed by atoms with Crippen LogP contribution in [0.4, 0.5) is 0 Å². The van der Waals surface area contributed by atoms with Crippen molar-refractivity contribution in [1.82, 2.24) is 9.55 Å². The van der Waals surface area contributed by atoms with E-state index < -0.39 is 23.5 Å². The van der Waals surface area contributed by atoms with Crippen molar-refractivity contribution >= 4 is 60.0 Å². The van der Waals surface area contributed by atoms with E-state index in [2.05, 4.69) is 25.3 Å². The molecule has 2 atom stereocenters. The molecule has 0 bridgehead atoms. The molecule has 5 rings (SSSR count). The Hall–Kier alpha value is -3.96. The maximum atomic E-state index is 13.7. The van der Waals surface area contributed by atoms with Gasteiger partial charge >= 0.3 is 23.9 Å². The van der Waals surface area contributed by atoms with Crippen molar-refractivity contribution in [3.63, 3.8) is 0 Å². The molecule has 0 N–H and O–H groups in total. The van der Waals surface area contributed by atoms with Crippen molar-refractivity contribution < 1.29 is 52.3 Å². The topological polar surface area (TPSA) is 168 Å². The van der Waals surface area contributed by atoms with Crippen molar-refractivity contribution in [3.8, 4) is 11.4 Å². The summed E-state index contributed by atoms with van der Waals surface area (Å²) >= 11 is 7.95. The third kappa shape index (κ3) is 11.3. The summed E-state index contributed by atoms with van der Waals surface area (Å²) in [5.74, 6) is -1.54. The van der Waals surface area contributed by atoms with Gasteiger partial charge in [-0.2, -0.15) is 12.6 Å². The van der Waals surface area contributed by atoms with Crippen LogP contribution in [-0.4, -0.2) is 97.3 Å². The SMILES string of the molecule is CCC1(OC(=O)CCC(=O)OCCOCCOCCOCCOC(=O)CCCCC(S)CC[SH2+])C(=O)OCc2c1cc1n(c2=O)Cc2cc3ccccc3nc2-1. The van der Waals surface area contributed by atoms with Gasteiger partial charge in [0.2, 0.25) is 5.60 Å². The fourth-order valence-electron chi connectivity index (χ4n) is 6.61. The van der Waals surface area contributed by atoms with Gasteiger partial charge in [-0.25, -0.2) is 9.78 Å². The Morgan fingerprint density at radius 3 is 2.20 bits per heavy atom. The zero-order chi connectivity index (χ0) is 39.9. The first-order chi connectivity index (χ1) is 27.2. The molecule has 3 aromatic rings. The molecule has 2 aliphatic rings. The molecule has 16 heteroatoms. The van der Waals surface area contributed by atoms with Gasteiger partial charge in [0.15, 0.2) is 0 Å². The molecule has 4 heterocycles. The molecule has 0 radical (unpaired) electrons. The van der Waals surface area contributed by atoms with Gasteiger partial charge in [-0.3, -0.25) is 19.2 Å². The van der Waals surface area contributed by atoms with Gasteiger partial charge in [0.1, 0.15) is 25.6 Å². The van der Waals surface area contributed by atoms with Crippen LogP contribution in [0.3, 0.4) is 0 Å². The fraction of sp³-hybridized carbons (Fsp3) is 0.550. The number of benzene rings is 1. The van der Waals surface area contributed by atoms with Crippen LogP contribution in [0.15, 0.2) is 41.2 Å². The normalized spacial score (nSPS) is 16.1. The Balaban J connectivity index is 0.955. The number of aromatic nitrogens is 2. The number of nitrogens with zero attached hydrogens (tertiary/aromatic N) is 2. The number of fused-ring (bicyclic) bond motifs is 5. The highest BCUT2D eigenvalue weighted by molar-refractivity contribution is 7.81. The van der Waals surface area contributed by atoms with E-state index in [0.29, 0.717) is 49.4 Å². The highest BCUT2D eigenvalue weighted by Gasteiger charge is 2.50. The Morgan fingerprint density at radius 1 is 0.875 bits per heavy atom. The average Bonchev–Trinajstić information content (AvgIpc) is 3.55. The predicted octanol–water partition coefficient (Wildman–Crippen LogP) is 3.81. The Labute approximate surface area is 336 Å². The zero-order valence-corrected chi connectivity index (χ0v) is 33.6. The second-order valence-corrected chi connectivity index (χ2v) is 14.7. The van der Waals surface area contributed by atoms with Gasteiger partial charge in [-0.05, 0) is 50.1 Å². The lowest BCUT2D eigenvalue weighted by atomic mass is 9.85. The predicted molar refractivity (Wildman–Crippen MR) is 213 cm³/mol. The van der Waals surface area contributed by atoms with Crippen LogP contribution in [-0.2, 0) is 83.7 Å². The van der Waals surface area contributed by atoms with Crippen LogP contribution in [0.1, 0.15) is 75.0 Å². The molecule has 304 valence electrons. The standard InChI is InChI=1S/C40H50N2O12S2/c1-2-40(31-24-33-37-28(23-27-7-3-5-9-32(27)41-37)25-42(33)38(46)30(31)26-53-39(40)47)54-36(45)12-11-35(44)52-21-19-50-17-15-48-14-16-49-18-20-51-34(43)10-6-4-8-29(56)13-22-55/h3,5,7,9,23-24,29,55-56H,2,4,6,8,10-22,25-26H2,1H3/p+1. The maximum Gasteiger partial charge on any atom is 0.355 e. The Kier molecular flexibility index (Phi) is 16.6. The number of cyclic esters (lactones) is 1. The smallest absolute Gasteiger partial charge is 0.355 e. The molecule has 2 aromatic heterocycles. The summed E-state index contributed by atoms with van der Waals surface area (Å²) in [4.78, 5) is 69.0. The lowest BCUT2D eigenvalue weighted by Crippen LogP contribution is -2.47. The highest BCUT2D eigenvalue weighted by Crippen LogP contribution is 2.41. The fourth-order valence-corrected chi connectivity index (χ4v) is 7.51. The minimum absolute atomic E-state index is 0.0114. The number of carbonyl (C=O) groups excluding carboxylic acids is 4. The summed E-state index contributed by atoms with van der Waals surface area (Å²) < 4.78 is 39.4. The molecule has 0 spiro atoms. The first-order valence-electron chi connectivity index (χ1n) is 19.1. The van der Waals surface area contributed by atoms with Crippen molar-refractivity contribution in [2.45, 2.75) is 82.3 Å². The lowest BCUT2D eigenvalue weighted by Gasteiger charge is -2.35. The molecule has 0 aliphatic carbocycles. The van der Waals surface area contributed by atoms with E-state index in [-0.39, 0.29) is 81.6 Å². The number of hydrogen-bond donors (Lipinski definition) is 1. The molecule has 14 nitrogen and oxygen atoms in total. The van der Waals surface area contributed by atoms with E-state index in [1.165, 1.54) is 0 Å². The monoisotopic (exact) mass is 815 g/mol. The number of unbranched alkanes of at least 4 members (excludes halogenated alkanes) is 1. The number of ether oxygens (including phenoxy) is 7. The van der Waals surface area contributed by atoms with E-state index in [1.54, 1.807) is 17.6 Å². The van der Waals surface area contributed by atoms with Gasteiger partial charge < -0.3 is 37.7 Å². The number of thiol groups is 1. The number of pyridine rings is 2. The first kappa shape index (κ1) is 43.2. The molecule has 0 amide bonds. The largest absolute Gasteiger partial charge is 0.463 e. The second-order valence-electron chi connectivity index (χ2n) is 13.4. The first-order valence-corrected chi connectivity index (χ1v) is 20.3. The molecule has 0 saturated heterocycles. The van der Waals surface area contributed by atoms with E-state index in [4.69, 9.17) is 38.1 Å². The summed E-state index contributed by atoms with van der Waals surface area (Å²) in [5.41, 5.74) is 1.09. The number of rotatable bonds is 24. The zero-order valence-electron chi connectivity index (χ0n) is 31.7. The van der Waals surface area contributed by atoms with E-state index in [0.717, 1.165) is 47.9 Å². The molecule has 0 saturated carbocycles. The summed E-state index contributed by atoms with van der Waals surface area (Å²) in [6.45, 7) is 3.57. The lowest BCUT2D eigenvalue weighted by molar-refractivity contribution is -0.189. The van der Waals surface area contributed by atoms with Crippen LogP contribution in [0.5, 0.6) is 0 Å². The van der Waals surface area contributed by atoms with E-state index in [1.807, 2.05) is 30.3 Å². The van der Waals surface area contributed by atoms with Crippen molar-refractivity contribution in [1.29, 1.82) is 0 Å². The minimum atomic E-state index is -1.86. The summed E-state index contributed by atoms with van der Waals surface area (Å²) in [7, 11) is 0. The van der Waals surface area contributed by atoms with Gasteiger partial charge in [0, 0.05) is 34.6 Å².